The van der Waals surface area contributed by atoms with Gasteiger partial charge in [-0.05, 0) is 35.6 Å². The maximum absolute atomic E-state index is 2.55. The summed E-state index contributed by atoms with van der Waals surface area (Å²) in [5.74, 6) is 0.458. The summed E-state index contributed by atoms with van der Waals surface area (Å²) < 4.78 is 0. The second-order valence-corrected chi connectivity index (χ2v) is 6.53. The van der Waals surface area contributed by atoms with Crippen LogP contribution in [0.15, 0.2) is 84.9 Å². The van der Waals surface area contributed by atoms with Crippen molar-refractivity contribution in [2.45, 2.75) is 18.8 Å². The Balaban J connectivity index is 1.55. The van der Waals surface area contributed by atoms with Gasteiger partial charge in [0, 0.05) is 24.7 Å². The SMILES string of the molecule is c1ccc(C(CCN2CCc3ccccc32)c2ccccc2)cc1. The molecule has 1 aliphatic heterocycles. The monoisotopic (exact) mass is 313 g/mol. The van der Waals surface area contributed by atoms with Gasteiger partial charge < -0.3 is 4.90 Å². The van der Waals surface area contributed by atoms with Crippen LogP contribution in [-0.4, -0.2) is 13.1 Å². The lowest BCUT2D eigenvalue weighted by atomic mass is 9.88. The van der Waals surface area contributed by atoms with Crippen molar-refractivity contribution in [1.29, 1.82) is 0 Å². The molecule has 0 amide bonds. The number of anilines is 1. The number of benzene rings is 3. The van der Waals surface area contributed by atoms with E-state index in [2.05, 4.69) is 89.8 Å². The summed E-state index contributed by atoms with van der Waals surface area (Å²) >= 11 is 0. The molecule has 0 unspecified atom stereocenters. The summed E-state index contributed by atoms with van der Waals surface area (Å²) in [7, 11) is 0. The van der Waals surface area contributed by atoms with Gasteiger partial charge in [0.1, 0.15) is 0 Å². The largest absolute Gasteiger partial charge is 0.371 e. The van der Waals surface area contributed by atoms with Crippen LogP contribution in [0.5, 0.6) is 0 Å². The lowest BCUT2D eigenvalue weighted by Crippen LogP contribution is -2.23. The van der Waals surface area contributed by atoms with Crippen molar-refractivity contribution in [2.75, 3.05) is 18.0 Å². The van der Waals surface area contributed by atoms with E-state index in [1.807, 2.05) is 0 Å². The van der Waals surface area contributed by atoms with E-state index in [0.717, 1.165) is 19.5 Å². The summed E-state index contributed by atoms with van der Waals surface area (Å²) in [5, 5.41) is 0. The van der Waals surface area contributed by atoms with Crippen molar-refractivity contribution >= 4 is 5.69 Å². The number of nitrogens with zero attached hydrogens (tertiary/aromatic N) is 1. The molecule has 24 heavy (non-hydrogen) atoms. The molecule has 3 aromatic rings. The van der Waals surface area contributed by atoms with Crippen molar-refractivity contribution in [3.63, 3.8) is 0 Å². The van der Waals surface area contributed by atoms with Gasteiger partial charge in [-0.25, -0.2) is 0 Å². The molecule has 3 aromatic carbocycles. The lowest BCUT2D eigenvalue weighted by molar-refractivity contribution is 0.684. The summed E-state index contributed by atoms with van der Waals surface area (Å²) in [6.07, 6.45) is 2.32. The van der Waals surface area contributed by atoms with Crippen molar-refractivity contribution in [3.8, 4) is 0 Å². The zero-order valence-electron chi connectivity index (χ0n) is 13.9. The Kier molecular flexibility index (Phi) is 4.33. The number of para-hydroxylation sites is 1. The third kappa shape index (κ3) is 3.07. The third-order valence-electron chi connectivity index (χ3n) is 5.07. The van der Waals surface area contributed by atoms with E-state index < -0.39 is 0 Å². The van der Waals surface area contributed by atoms with E-state index >= 15 is 0 Å². The van der Waals surface area contributed by atoms with Crippen LogP contribution >= 0.6 is 0 Å². The molecule has 1 heteroatoms. The number of hydrogen-bond acceptors (Lipinski definition) is 1. The maximum atomic E-state index is 2.55. The van der Waals surface area contributed by atoms with Crippen LogP contribution in [0.2, 0.25) is 0 Å². The summed E-state index contributed by atoms with van der Waals surface area (Å²) in [4.78, 5) is 2.55. The topological polar surface area (TPSA) is 3.24 Å². The van der Waals surface area contributed by atoms with E-state index in [1.165, 1.54) is 28.8 Å². The Morgan fingerprint density at radius 1 is 0.708 bits per heavy atom. The minimum absolute atomic E-state index is 0.458. The predicted molar refractivity (Wildman–Crippen MR) is 102 cm³/mol. The van der Waals surface area contributed by atoms with Crippen LogP contribution in [0, 0.1) is 0 Å². The average molecular weight is 313 g/mol. The van der Waals surface area contributed by atoms with E-state index in [-0.39, 0.29) is 0 Å². The van der Waals surface area contributed by atoms with Gasteiger partial charge in [0.2, 0.25) is 0 Å². The van der Waals surface area contributed by atoms with Crippen LogP contribution in [-0.2, 0) is 6.42 Å². The molecule has 0 bridgehead atoms. The van der Waals surface area contributed by atoms with E-state index in [0.29, 0.717) is 5.92 Å². The molecule has 0 aliphatic carbocycles. The van der Waals surface area contributed by atoms with Gasteiger partial charge in [0.15, 0.2) is 0 Å². The minimum atomic E-state index is 0.458. The first-order valence-corrected chi connectivity index (χ1v) is 8.84. The van der Waals surface area contributed by atoms with Gasteiger partial charge in [-0.2, -0.15) is 0 Å². The Morgan fingerprint density at radius 2 is 1.29 bits per heavy atom. The van der Waals surface area contributed by atoms with Crippen molar-refractivity contribution in [1.82, 2.24) is 0 Å². The maximum Gasteiger partial charge on any atom is 0.0399 e. The normalized spacial score (nSPS) is 13.3. The van der Waals surface area contributed by atoms with Crippen LogP contribution < -0.4 is 4.90 Å². The van der Waals surface area contributed by atoms with E-state index in [9.17, 15) is 0 Å². The van der Waals surface area contributed by atoms with Crippen LogP contribution in [0.1, 0.15) is 29.0 Å². The lowest BCUT2D eigenvalue weighted by Gasteiger charge is -2.24. The summed E-state index contributed by atoms with van der Waals surface area (Å²) in [5.41, 5.74) is 5.75. The number of fused-ring (bicyclic) bond motifs is 1. The molecule has 0 saturated heterocycles. The molecular weight excluding hydrogens is 290 g/mol. The zero-order valence-corrected chi connectivity index (χ0v) is 13.9. The Labute approximate surface area is 144 Å². The van der Waals surface area contributed by atoms with Crippen LogP contribution in [0.3, 0.4) is 0 Å². The predicted octanol–water partition coefficient (Wildman–Crippen LogP) is 5.27. The second-order valence-electron chi connectivity index (χ2n) is 6.53. The summed E-state index contributed by atoms with van der Waals surface area (Å²) in [6.45, 7) is 2.25. The number of rotatable bonds is 5. The fourth-order valence-electron chi connectivity index (χ4n) is 3.82. The molecule has 0 spiro atoms. The second kappa shape index (κ2) is 6.92. The highest BCUT2D eigenvalue weighted by Gasteiger charge is 2.20. The Morgan fingerprint density at radius 3 is 1.96 bits per heavy atom. The van der Waals surface area contributed by atoms with Crippen molar-refractivity contribution in [2.24, 2.45) is 0 Å². The highest BCUT2D eigenvalue weighted by Crippen LogP contribution is 2.32. The van der Waals surface area contributed by atoms with E-state index in [1.54, 1.807) is 0 Å². The van der Waals surface area contributed by atoms with Crippen LogP contribution in [0.4, 0.5) is 5.69 Å². The van der Waals surface area contributed by atoms with Crippen LogP contribution in [0.25, 0.3) is 0 Å². The zero-order chi connectivity index (χ0) is 16.2. The van der Waals surface area contributed by atoms with Gasteiger partial charge in [-0.1, -0.05) is 78.9 Å². The highest BCUT2D eigenvalue weighted by atomic mass is 15.1. The first kappa shape index (κ1) is 15.0. The molecule has 1 heterocycles. The molecular formula is C23H23N. The third-order valence-corrected chi connectivity index (χ3v) is 5.07. The fourth-order valence-corrected chi connectivity index (χ4v) is 3.82. The first-order valence-electron chi connectivity index (χ1n) is 8.84. The molecule has 4 rings (SSSR count). The molecule has 1 aliphatic rings. The van der Waals surface area contributed by atoms with Crippen molar-refractivity contribution in [3.05, 3.63) is 102 Å². The standard InChI is InChI=1S/C23H23N/c1-3-9-19(10-4-1)22(20-11-5-2-6-12-20)16-18-24-17-15-21-13-7-8-14-23(21)24/h1-14,22H,15-18H2. The molecule has 0 radical (unpaired) electrons. The molecule has 0 fully saturated rings. The van der Waals surface area contributed by atoms with Gasteiger partial charge >= 0.3 is 0 Å². The Bertz CT molecular complexity index is 740. The van der Waals surface area contributed by atoms with Crippen molar-refractivity contribution < 1.29 is 0 Å². The van der Waals surface area contributed by atoms with Gasteiger partial charge in [0.25, 0.3) is 0 Å². The van der Waals surface area contributed by atoms with Gasteiger partial charge in [-0.15, -0.1) is 0 Å². The minimum Gasteiger partial charge on any atom is -0.371 e. The average Bonchev–Trinajstić information content (AvgIpc) is 3.07. The molecule has 0 saturated carbocycles. The number of hydrogen-bond donors (Lipinski definition) is 0. The molecule has 0 atom stereocenters. The highest BCUT2D eigenvalue weighted by molar-refractivity contribution is 5.57. The van der Waals surface area contributed by atoms with E-state index in [4.69, 9.17) is 0 Å². The molecule has 1 nitrogen and oxygen atoms in total. The quantitative estimate of drug-likeness (QED) is 0.620. The van der Waals surface area contributed by atoms with Gasteiger partial charge in [0.05, 0.1) is 0 Å². The molecule has 0 aromatic heterocycles. The van der Waals surface area contributed by atoms with Gasteiger partial charge in [-0.3, -0.25) is 0 Å². The first-order chi connectivity index (χ1) is 11.9. The summed E-state index contributed by atoms with van der Waals surface area (Å²) in [6, 6.07) is 30.7. The smallest absolute Gasteiger partial charge is 0.0399 e. The Hall–Kier alpha value is -2.54. The fraction of sp³-hybridized carbons (Fsp3) is 0.217. The molecule has 120 valence electrons. The molecule has 0 N–H and O–H groups in total.